The third-order valence-corrected chi connectivity index (χ3v) is 5.02. The Morgan fingerprint density at radius 3 is 2.79 bits per heavy atom. The topological polar surface area (TPSA) is 98.5 Å². The standard InChI is InChI=1S/C20H22ClN5O3/c1-12-16(13(2)26-20(25-12)23-11-24-26)8-9-18(27)29-14(3)19(28)22-10-15-6-4-5-7-17(15)21/h4-7,11,14H,8-10H2,1-3H3,(H,22,28). The van der Waals surface area contributed by atoms with Crippen molar-refractivity contribution in [3.05, 3.63) is 58.1 Å². The van der Waals surface area contributed by atoms with Crippen LogP contribution in [-0.2, 0) is 27.3 Å². The van der Waals surface area contributed by atoms with Crippen molar-refractivity contribution in [1.82, 2.24) is 24.9 Å². The smallest absolute Gasteiger partial charge is 0.306 e. The fraction of sp³-hybridized carbons (Fsp3) is 0.350. The molecule has 1 atom stereocenters. The first-order valence-corrected chi connectivity index (χ1v) is 9.61. The zero-order valence-corrected chi connectivity index (χ0v) is 17.2. The number of hydrogen-bond donors (Lipinski definition) is 1. The highest BCUT2D eigenvalue weighted by atomic mass is 35.5. The number of carbonyl (C=O) groups is 2. The summed E-state index contributed by atoms with van der Waals surface area (Å²) >= 11 is 6.07. The van der Waals surface area contributed by atoms with Gasteiger partial charge in [0.15, 0.2) is 6.10 Å². The molecule has 9 heteroatoms. The van der Waals surface area contributed by atoms with E-state index in [2.05, 4.69) is 20.4 Å². The van der Waals surface area contributed by atoms with Gasteiger partial charge in [-0.2, -0.15) is 10.1 Å². The molecular formula is C20H22ClN5O3. The van der Waals surface area contributed by atoms with E-state index in [1.54, 1.807) is 17.5 Å². The number of amides is 1. The van der Waals surface area contributed by atoms with Gasteiger partial charge in [-0.05, 0) is 44.4 Å². The molecule has 0 aliphatic carbocycles. The number of hydrogen-bond acceptors (Lipinski definition) is 6. The molecule has 2 aromatic heterocycles. The average Bonchev–Trinajstić information content (AvgIpc) is 3.15. The number of rotatable bonds is 7. The van der Waals surface area contributed by atoms with Crippen molar-refractivity contribution in [2.75, 3.05) is 0 Å². The molecule has 0 spiro atoms. The van der Waals surface area contributed by atoms with Crippen molar-refractivity contribution in [3.63, 3.8) is 0 Å². The van der Waals surface area contributed by atoms with Crippen molar-refractivity contribution in [3.8, 4) is 0 Å². The van der Waals surface area contributed by atoms with Crippen molar-refractivity contribution in [2.24, 2.45) is 0 Å². The minimum Gasteiger partial charge on any atom is -0.453 e. The van der Waals surface area contributed by atoms with Gasteiger partial charge in [0.2, 0.25) is 0 Å². The van der Waals surface area contributed by atoms with Crippen LogP contribution in [0.5, 0.6) is 0 Å². The molecule has 0 bridgehead atoms. The molecule has 1 aromatic carbocycles. The summed E-state index contributed by atoms with van der Waals surface area (Å²) in [5.74, 6) is -0.311. The number of nitrogens with one attached hydrogen (secondary N) is 1. The molecule has 0 aliphatic heterocycles. The summed E-state index contributed by atoms with van der Waals surface area (Å²) in [5.41, 5.74) is 3.38. The fourth-order valence-electron chi connectivity index (χ4n) is 3.02. The highest BCUT2D eigenvalue weighted by Crippen LogP contribution is 2.16. The second-order valence-corrected chi connectivity index (χ2v) is 7.08. The number of ether oxygens (including phenoxy) is 1. The Bertz CT molecular complexity index is 1050. The lowest BCUT2D eigenvalue weighted by Gasteiger charge is -2.15. The van der Waals surface area contributed by atoms with E-state index < -0.39 is 12.1 Å². The van der Waals surface area contributed by atoms with Gasteiger partial charge in [-0.1, -0.05) is 29.8 Å². The van der Waals surface area contributed by atoms with Crippen LogP contribution in [0.2, 0.25) is 5.02 Å². The number of aromatic nitrogens is 4. The van der Waals surface area contributed by atoms with Crippen LogP contribution in [0.25, 0.3) is 5.78 Å². The first-order chi connectivity index (χ1) is 13.9. The van der Waals surface area contributed by atoms with Crippen LogP contribution in [0.4, 0.5) is 0 Å². The summed E-state index contributed by atoms with van der Waals surface area (Å²) in [6.45, 7) is 5.58. The number of esters is 1. The molecule has 0 fully saturated rings. The van der Waals surface area contributed by atoms with Crippen LogP contribution in [0.3, 0.4) is 0 Å². The summed E-state index contributed by atoms with van der Waals surface area (Å²) in [7, 11) is 0. The molecule has 2 heterocycles. The van der Waals surface area contributed by atoms with Crippen LogP contribution in [0.1, 0.15) is 35.9 Å². The first kappa shape index (κ1) is 20.7. The lowest BCUT2D eigenvalue weighted by Crippen LogP contribution is -2.35. The summed E-state index contributed by atoms with van der Waals surface area (Å²) in [6, 6.07) is 7.23. The van der Waals surface area contributed by atoms with E-state index in [-0.39, 0.29) is 18.9 Å². The van der Waals surface area contributed by atoms with Gasteiger partial charge in [-0.3, -0.25) is 9.59 Å². The molecule has 0 aliphatic rings. The van der Waals surface area contributed by atoms with E-state index in [1.807, 2.05) is 32.0 Å². The second-order valence-electron chi connectivity index (χ2n) is 6.67. The van der Waals surface area contributed by atoms with E-state index in [0.717, 1.165) is 22.5 Å². The van der Waals surface area contributed by atoms with Crippen LogP contribution >= 0.6 is 11.6 Å². The molecular weight excluding hydrogens is 394 g/mol. The average molecular weight is 416 g/mol. The lowest BCUT2D eigenvalue weighted by atomic mass is 10.1. The molecule has 0 radical (unpaired) electrons. The van der Waals surface area contributed by atoms with Gasteiger partial charge in [-0.25, -0.2) is 9.50 Å². The fourth-order valence-corrected chi connectivity index (χ4v) is 3.22. The maximum Gasteiger partial charge on any atom is 0.306 e. The van der Waals surface area contributed by atoms with E-state index in [0.29, 0.717) is 17.2 Å². The quantitative estimate of drug-likeness (QED) is 0.595. The minimum absolute atomic E-state index is 0.131. The van der Waals surface area contributed by atoms with Gasteiger partial charge in [-0.15, -0.1) is 0 Å². The normalized spacial score (nSPS) is 12.0. The number of carbonyl (C=O) groups excluding carboxylic acids is 2. The molecule has 8 nitrogen and oxygen atoms in total. The van der Waals surface area contributed by atoms with Gasteiger partial charge >= 0.3 is 5.97 Å². The molecule has 1 N–H and O–H groups in total. The first-order valence-electron chi connectivity index (χ1n) is 9.23. The van der Waals surface area contributed by atoms with Crippen LogP contribution in [-0.4, -0.2) is 37.6 Å². The van der Waals surface area contributed by atoms with Gasteiger partial charge < -0.3 is 10.1 Å². The summed E-state index contributed by atoms with van der Waals surface area (Å²) in [6.07, 6.45) is 1.11. The van der Waals surface area contributed by atoms with Crippen molar-refractivity contribution in [1.29, 1.82) is 0 Å². The number of nitrogens with zero attached hydrogens (tertiary/aromatic N) is 4. The number of benzene rings is 1. The Morgan fingerprint density at radius 1 is 1.28 bits per heavy atom. The van der Waals surface area contributed by atoms with E-state index in [9.17, 15) is 9.59 Å². The Balaban J connectivity index is 1.52. The highest BCUT2D eigenvalue weighted by molar-refractivity contribution is 6.31. The Hall–Kier alpha value is -3.00. The highest BCUT2D eigenvalue weighted by Gasteiger charge is 2.19. The summed E-state index contributed by atoms with van der Waals surface area (Å²) < 4.78 is 6.90. The monoisotopic (exact) mass is 415 g/mol. The molecule has 0 saturated carbocycles. The molecule has 29 heavy (non-hydrogen) atoms. The molecule has 152 valence electrons. The van der Waals surface area contributed by atoms with E-state index >= 15 is 0 Å². The van der Waals surface area contributed by atoms with Crippen LogP contribution in [0, 0.1) is 13.8 Å². The maximum absolute atomic E-state index is 12.2. The zero-order chi connectivity index (χ0) is 21.0. The molecule has 3 rings (SSSR count). The molecule has 3 aromatic rings. The maximum atomic E-state index is 12.2. The molecule has 0 saturated heterocycles. The van der Waals surface area contributed by atoms with Gasteiger partial charge in [0, 0.05) is 29.4 Å². The third-order valence-electron chi connectivity index (χ3n) is 4.66. The molecule has 1 unspecified atom stereocenters. The molecule has 1 amide bonds. The number of halogens is 1. The van der Waals surface area contributed by atoms with Gasteiger partial charge in [0.05, 0.1) is 0 Å². The van der Waals surface area contributed by atoms with E-state index in [1.165, 1.54) is 6.33 Å². The Morgan fingerprint density at radius 2 is 2.03 bits per heavy atom. The van der Waals surface area contributed by atoms with Crippen molar-refractivity contribution in [2.45, 2.75) is 46.3 Å². The predicted molar refractivity (Wildman–Crippen MR) is 107 cm³/mol. The predicted octanol–water partition coefficient (Wildman–Crippen LogP) is 2.58. The Kier molecular flexibility index (Phi) is 6.43. The van der Waals surface area contributed by atoms with Crippen LogP contribution < -0.4 is 5.32 Å². The largest absolute Gasteiger partial charge is 0.453 e. The van der Waals surface area contributed by atoms with Crippen LogP contribution in [0.15, 0.2) is 30.6 Å². The lowest BCUT2D eigenvalue weighted by molar-refractivity contribution is -0.154. The summed E-state index contributed by atoms with van der Waals surface area (Å²) in [5, 5.41) is 7.43. The van der Waals surface area contributed by atoms with E-state index in [4.69, 9.17) is 16.3 Å². The minimum atomic E-state index is -0.900. The van der Waals surface area contributed by atoms with Crippen molar-refractivity contribution < 1.29 is 14.3 Å². The Labute approximate surface area is 173 Å². The zero-order valence-electron chi connectivity index (χ0n) is 16.5. The third kappa shape index (κ3) is 4.89. The SMILES string of the molecule is Cc1nc2ncnn2c(C)c1CCC(=O)OC(C)C(=O)NCc1ccccc1Cl. The van der Waals surface area contributed by atoms with Gasteiger partial charge in [0.1, 0.15) is 6.33 Å². The number of aryl methyl sites for hydroxylation is 2. The second kappa shape index (κ2) is 9.00. The number of fused-ring (bicyclic) bond motifs is 1. The van der Waals surface area contributed by atoms with Crippen molar-refractivity contribution >= 4 is 29.3 Å². The summed E-state index contributed by atoms with van der Waals surface area (Å²) in [4.78, 5) is 32.9. The van der Waals surface area contributed by atoms with Gasteiger partial charge in [0.25, 0.3) is 11.7 Å².